The summed E-state index contributed by atoms with van der Waals surface area (Å²) in [4.78, 5) is 13.5. The lowest BCUT2D eigenvalue weighted by molar-refractivity contribution is -0.129. The van der Waals surface area contributed by atoms with E-state index < -0.39 is 0 Å². The third kappa shape index (κ3) is 3.64. The summed E-state index contributed by atoms with van der Waals surface area (Å²) < 4.78 is 5.37. The maximum absolute atomic E-state index is 11.6. The van der Waals surface area contributed by atoms with E-state index in [-0.39, 0.29) is 11.9 Å². The number of hydrogen-bond acceptors (Lipinski definition) is 3. The van der Waals surface area contributed by atoms with E-state index in [1.807, 2.05) is 18.0 Å². The minimum absolute atomic E-state index is 0.0122. The van der Waals surface area contributed by atoms with Gasteiger partial charge in [-0.05, 0) is 19.9 Å². The van der Waals surface area contributed by atoms with Gasteiger partial charge in [-0.1, -0.05) is 6.08 Å². The summed E-state index contributed by atoms with van der Waals surface area (Å²) in [5, 5.41) is 3.01. The van der Waals surface area contributed by atoms with Gasteiger partial charge >= 0.3 is 0 Å². The van der Waals surface area contributed by atoms with E-state index in [2.05, 4.69) is 11.9 Å². The maximum Gasteiger partial charge on any atom is 0.239 e. The highest BCUT2D eigenvalue weighted by atomic mass is 16.5. The number of carbonyl (C=O) groups excluding carboxylic acids is 1. The van der Waals surface area contributed by atoms with Crippen LogP contribution in [0.15, 0.2) is 12.7 Å². The number of rotatable bonds is 7. The van der Waals surface area contributed by atoms with Crippen LogP contribution in [-0.2, 0) is 9.53 Å². The number of amides is 1. The molecule has 1 amide bonds. The molecule has 1 heterocycles. The van der Waals surface area contributed by atoms with Crippen LogP contribution in [0.3, 0.4) is 0 Å². The van der Waals surface area contributed by atoms with Crippen LogP contribution < -0.4 is 5.32 Å². The highest BCUT2D eigenvalue weighted by molar-refractivity contribution is 5.83. The topological polar surface area (TPSA) is 41.6 Å². The van der Waals surface area contributed by atoms with E-state index in [9.17, 15) is 4.79 Å². The van der Waals surface area contributed by atoms with Crippen molar-refractivity contribution in [3.05, 3.63) is 12.7 Å². The number of likely N-dealkylation sites (tertiary alicyclic amines) is 1. The summed E-state index contributed by atoms with van der Waals surface area (Å²) >= 11 is 0. The van der Waals surface area contributed by atoms with Gasteiger partial charge in [-0.25, -0.2) is 0 Å². The molecular weight excluding hydrogens is 192 g/mol. The molecule has 1 aliphatic heterocycles. The molecule has 15 heavy (non-hydrogen) atoms. The fourth-order valence-corrected chi connectivity index (χ4v) is 1.67. The van der Waals surface area contributed by atoms with Gasteiger partial charge < -0.3 is 15.0 Å². The Balaban J connectivity index is 2.12. The minimum atomic E-state index is 0.0122. The largest absolute Gasteiger partial charge is 0.379 e. The monoisotopic (exact) mass is 212 g/mol. The van der Waals surface area contributed by atoms with Gasteiger partial charge in [0.25, 0.3) is 0 Å². The van der Waals surface area contributed by atoms with E-state index in [4.69, 9.17) is 4.74 Å². The summed E-state index contributed by atoms with van der Waals surface area (Å²) in [6.07, 6.45) is 3.60. The zero-order valence-corrected chi connectivity index (χ0v) is 9.37. The average Bonchev–Trinajstić information content (AvgIpc) is 2.60. The molecule has 0 aromatic rings. The lowest BCUT2D eigenvalue weighted by atomic mass is 10.3. The van der Waals surface area contributed by atoms with Crippen molar-refractivity contribution in [3.8, 4) is 0 Å². The molecule has 1 fully saturated rings. The Bertz CT molecular complexity index is 219. The van der Waals surface area contributed by atoms with Gasteiger partial charge in [0.2, 0.25) is 5.91 Å². The fourth-order valence-electron chi connectivity index (χ4n) is 1.67. The van der Waals surface area contributed by atoms with Crippen molar-refractivity contribution in [2.24, 2.45) is 0 Å². The molecule has 1 aliphatic rings. The quantitative estimate of drug-likeness (QED) is 0.490. The SMILES string of the molecule is C=CCCOCCN1CCC(NC)C1=O. The second-order valence-electron chi connectivity index (χ2n) is 3.64. The first-order valence-electron chi connectivity index (χ1n) is 5.44. The Labute approximate surface area is 91.3 Å². The molecule has 0 aromatic heterocycles. The van der Waals surface area contributed by atoms with Crippen LogP contribution in [0.25, 0.3) is 0 Å². The van der Waals surface area contributed by atoms with Crippen LogP contribution in [0, 0.1) is 0 Å². The van der Waals surface area contributed by atoms with Crippen molar-refractivity contribution in [2.75, 3.05) is 33.4 Å². The number of nitrogens with one attached hydrogen (secondary N) is 1. The van der Waals surface area contributed by atoms with Gasteiger partial charge in [0.15, 0.2) is 0 Å². The lowest BCUT2D eigenvalue weighted by Crippen LogP contribution is -2.37. The van der Waals surface area contributed by atoms with Gasteiger partial charge in [0.1, 0.15) is 0 Å². The Morgan fingerprint density at radius 1 is 1.67 bits per heavy atom. The van der Waals surface area contributed by atoms with Crippen LogP contribution in [0.2, 0.25) is 0 Å². The first-order chi connectivity index (χ1) is 7.29. The van der Waals surface area contributed by atoms with E-state index in [1.165, 1.54) is 0 Å². The Kier molecular flexibility index (Phi) is 5.36. The molecule has 0 bridgehead atoms. The zero-order chi connectivity index (χ0) is 11.1. The van der Waals surface area contributed by atoms with Gasteiger partial charge in [0.05, 0.1) is 19.3 Å². The smallest absolute Gasteiger partial charge is 0.239 e. The predicted molar refractivity (Wildman–Crippen MR) is 59.7 cm³/mol. The number of likely N-dealkylation sites (N-methyl/N-ethyl adjacent to an activating group) is 1. The number of ether oxygens (including phenoxy) is 1. The number of nitrogens with zero attached hydrogens (tertiary/aromatic N) is 1. The van der Waals surface area contributed by atoms with Crippen LogP contribution in [0.5, 0.6) is 0 Å². The van der Waals surface area contributed by atoms with Crippen molar-refractivity contribution in [3.63, 3.8) is 0 Å². The molecule has 1 unspecified atom stereocenters. The molecule has 0 aliphatic carbocycles. The second-order valence-corrected chi connectivity index (χ2v) is 3.64. The second kappa shape index (κ2) is 6.58. The third-order valence-corrected chi connectivity index (χ3v) is 2.62. The minimum Gasteiger partial charge on any atom is -0.379 e. The summed E-state index contributed by atoms with van der Waals surface area (Å²) in [5.41, 5.74) is 0. The molecular formula is C11H20N2O2. The standard InChI is InChI=1S/C11H20N2O2/c1-3-4-8-15-9-7-13-6-5-10(12-2)11(13)14/h3,10,12H,1,4-9H2,2H3. The summed E-state index contributed by atoms with van der Waals surface area (Å²) in [6, 6.07) is 0.0122. The molecule has 1 N–H and O–H groups in total. The van der Waals surface area contributed by atoms with E-state index in [1.54, 1.807) is 0 Å². The van der Waals surface area contributed by atoms with Crippen molar-refractivity contribution >= 4 is 5.91 Å². The van der Waals surface area contributed by atoms with Gasteiger partial charge in [0, 0.05) is 13.1 Å². The van der Waals surface area contributed by atoms with Crippen LogP contribution >= 0.6 is 0 Å². The highest BCUT2D eigenvalue weighted by Gasteiger charge is 2.29. The molecule has 1 atom stereocenters. The molecule has 4 nitrogen and oxygen atoms in total. The first-order valence-corrected chi connectivity index (χ1v) is 5.44. The van der Waals surface area contributed by atoms with Crippen molar-refractivity contribution in [1.82, 2.24) is 10.2 Å². The predicted octanol–water partition coefficient (Wildman–Crippen LogP) is 0.399. The molecule has 86 valence electrons. The van der Waals surface area contributed by atoms with E-state index in [0.29, 0.717) is 19.8 Å². The Hall–Kier alpha value is -0.870. The molecule has 0 aromatic carbocycles. The molecule has 0 radical (unpaired) electrons. The van der Waals surface area contributed by atoms with Crippen molar-refractivity contribution < 1.29 is 9.53 Å². The zero-order valence-electron chi connectivity index (χ0n) is 9.37. The van der Waals surface area contributed by atoms with Crippen molar-refractivity contribution in [1.29, 1.82) is 0 Å². The van der Waals surface area contributed by atoms with Crippen LogP contribution in [-0.4, -0.2) is 50.2 Å². The molecule has 1 rings (SSSR count). The third-order valence-electron chi connectivity index (χ3n) is 2.62. The molecule has 0 saturated carbocycles. The number of hydrogen-bond donors (Lipinski definition) is 1. The first kappa shape index (κ1) is 12.2. The van der Waals surface area contributed by atoms with Crippen LogP contribution in [0.1, 0.15) is 12.8 Å². The van der Waals surface area contributed by atoms with E-state index in [0.717, 1.165) is 19.4 Å². The highest BCUT2D eigenvalue weighted by Crippen LogP contribution is 2.09. The summed E-state index contributed by atoms with van der Waals surface area (Å²) in [6.45, 7) is 6.48. The van der Waals surface area contributed by atoms with Gasteiger partial charge in [-0.15, -0.1) is 6.58 Å². The van der Waals surface area contributed by atoms with Crippen molar-refractivity contribution in [2.45, 2.75) is 18.9 Å². The normalized spacial score (nSPS) is 21.0. The fraction of sp³-hybridized carbons (Fsp3) is 0.727. The average molecular weight is 212 g/mol. The van der Waals surface area contributed by atoms with Gasteiger partial charge in [-0.3, -0.25) is 4.79 Å². The molecule has 1 saturated heterocycles. The Morgan fingerprint density at radius 3 is 3.07 bits per heavy atom. The lowest BCUT2D eigenvalue weighted by Gasteiger charge is -2.16. The summed E-state index contributed by atoms with van der Waals surface area (Å²) in [5.74, 6) is 0.199. The molecule has 0 spiro atoms. The molecule has 4 heteroatoms. The summed E-state index contributed by atoms with van der Waals surface area (Å²) in [7, 11) is 1.83. The maximum atomic E-state index is 11.6. The van der Waals surface area contributed by atoms with Crippen LogP contribution in [0.4, 0.5) is 0 Å². The van der Waals surface area contributed by atoms with E-state index >= 15 is 0 Å². The Morgan fingerprint density at radius 2 is 2.47 bits per heavy atom. The number of carbonyl (C=O) groups is 1. The van der Waals surface area contributed by atoms with Gasteiger partial charge in [-0.2, -0.15) is 0 Å².